The van der Waals surface area contributed by atoms with Gasteiger partial charge < -0.3 is 0 Å². The van der Waals surface area contributed by atoms with E-state index in [2.05, 4.69) is 19.6 Å². The summed E-state index contributed by atoms with van der Waals surface area (Å²) in [5.41, 5.74) is 1.28. The Morgan fingerprint density at radius 3 is 1.64 bits per heavy atom. The first-order valence-corrected chi connectivity index (χ1v) is 3.99. The van der Waals surface area contributed by atoms with Crippen molar-refractivity contribution in [2.75, 3.05) is 0 Å². The van der Waals surface area contributed by atoms with Crippen molar-refractivity contribution in [3.05, 3.63) is 29.8 Å². The van der Waals surface area contributed by atoms with Crippen LogP contribution in [-0.4, -0.2) is 0 Å². The SMILES string of the molecule is CC.Cc1ccc(S)cc1.[U]. The van der Waals surface area contributed by atoms with Gasteiger partial charge in [-0.25, -0.2) is 0 Å². The molecule has 0 saturated carbocycles. The van der Waals surface area contributed by atoms with E-state index in [1.54, 1.807) is 0 Å². The molecule has 1 aromatic carbocycles. The second-order valence-corrected chi connectivity index (χ2v) is 2.35. The molecule has 0 saturated heterocycles. The molecule has 0 heterocycles. The first-order valence-electron chi connectivity index (χ1n) is 3.54. The van der Waals surface area contributed by atoms with Crippen molar-refractivity contribution in [2.24, 2.45) is 0 Å². The molecule has 0 unspecified atom stereocenters. The van der Waals surface area contributed by atoms with Crippen LogP contribution in [0.25, 0.3) is 0 Å². The van der Waals surface area contributed by atoms with Gasteiger partial charge in [-0.2, -0.15) is 0 Å². The summed E-state index contributed by atoms with van der Waals surface area (Å²) in [6.07, 6.45) is 0. The molecular formula is C9H14SU. The molecule has 1 rings (SSSR count). The maximum absolute atomic E-state index is 4.13. The normalized spacial score (nSPS) is 7.27. The zero-order valence-electron chi connectivity index (χ0n) is 7.26. The minimum atomic E-state index is 0. The maximum Gasteiger partial charge on any atom is 0.00401 e. The van der Waals surface area contributed by atoms with Crippen molar-refractivity contribution in [3.63, 3.8) is 0 Å². The van der Waals surface area contributed by atoms with Crippen LogP contribution in [0.3, 0.4) is 0 Å². The molecule has 0 amide bonds. The Hall–Kier alpha value is 0.622. The number of benzene rings is 1. The summed E-state index contributed by atoms with van der Waals surface area (Å²) in [6.45, 7) is 6.06. The molecule has 0 spiro atoms. The average Bonchev–Trinajstić information content (AvgIpc) is 2.00. The number of hydrogen-bond donors (Lipinski definition) is 1. The summed E-state index contributed by atoms with van der Waals surface area (Å²) in [6, 6.07) is 8.06. The van der Waals surface area contributed by atoms with Crippen LogP contribution in [0, 0.1) is 38.0 Å². The van der Waals surface area contributed by atoms with Crippen LogP contribution in [0.2, 0.25) is 0 Å². The second-order valence-electron chi connectivity index (χ2n) is 1.84. The van der Waals surface area contributed by atoms with Crippen molar-refractivity contribution in [3.8, 4) is 0 Å². The van der Waals surface area contributed by atoms with Gasteiger partial charge in [0.15, 0.2) is 0 Å². The standard InChI is InChI=1S/C7H8S.C2H6.U/c1-6-2-4-7(8)5-3-6;1-2;/h2-5,8H,1H3;1-2H3;. The van der Waals surface area contributed by atoms with Gasteiger partial charge in [0, 0.05) is 36.0 Å². The number of aryl methyl sites for hydroxylation is 1. The van der Waals surface area contributed by atoms with Crippen molar-refractivity contribution in [1.29, 1.82) is 0 Å². The molecule has 0 aliphatic carbocycles. The summed E-state index contributed by atoms with van der Waals surface area (Å²) >= 11 is 4.13. The largest absolute Gasteiger partial charge is 0.143 e. The first kappa shape index (κ1) is 14.2. The number of rotatable bonds is 0. The Bertz CT molecular complexity index is 148. The molecule has 60 valence electrons. The van der Waals surface area contributed by atoms with E-state index in [0.29, 0.717) is 0 Å². The van der Waals surface area contributed by atoms with Crippen LogP contribution in [0.15, 0.2) is 29.2 Å². The first-order chi connectivity index (χ1) is 4.79. The van der Waals surface area contributed by atoms with Crippen LogP contribution < -0.4 is 0 Å². The summed E-state index contributed by atoms with van der Waals surface area (Å²) in [7, 11) is 0. The second kappa shape index (κ2) is 8.72. The van der Waals surface area contributed by atoms with Gasteiger partial charge >= 0.3 is 0 Å². The molecule has 0 fully saturated rings. The van der Waals surface area contributed by atoms with E-state index in [1.807, 2.05) is 38.1 Å². The third kappa shape index (κ3) is 7.00. The van der Waals surface area contributed by atoms with Crippen molar-refractivity contribution >= 4 is 12.6 Å². The van der Waals surface area contributed by atoms with Crippen molar-refractivity contribution in [2.45, 2.75) is 25.7 Å². The molecule has 0 aliphatic heterocycles. The average molecular weight is 392 g/mol. The molecule has 0 N–H and O–H groups in total. The smallest absolute Gasteiger partial charge is 0.00401 e. The quantitative estimate of drug-likeness (QED) is 0.644. The molecule has 0 atom stereocenters. The van der Waals surface area contributed by atoms with E-state index in [-0.39, 0.29) is 31.1 Å². The van der Waals surface area contributed by atoms with Crippen molar-refractivity contribution in [1.82, 2.24) is 0 Å². The molecule has 0 radical (unpaired) electrons. The zero-order valence-corrected chi connectivity index (χ0v) is 12.3. The van der Waals surface area contributed by atoms with E-state index in [9.17, 15) is 0 Å². The Morgan fingerprint density at radius 2 is 1.36 bits per heavy atom. The molecular weight excluding hydrogens is 378 g/mol. The molecule has 0 aromatic heterocycles. The Kier molecular flexibility index (Phi) is 11.2. The zero-order chi connectivity index (χ0) is 7.98. The predicted octanol–water partition coefficient (Wildman–Crippen LogP) is 3.31. The van der Waals surface area contributed by atoms with Crippen LogP contribution in [-0.2, 0) is 0 Å². The van der Waals surface area contributed by atoms with Gasteiger partial charge in [-0.05, 0) is 19.1 Å². The van der Waals surface area contributed by atoms with Gasteiger partial charge in [0.25, 0.3) is 0 Å². The van der Waals surface area contributed by atoms with Crippen LogP contribution in [0.5, 0.6) is 0 Å². The van der Waals surface area contributed by atoms with Gasteiger partial charge in [0.05, 0.1) is 0 Å². The third-order valence-electron chi connectivity index (χ3n) is 1.03. The van der Waals surface area contributed by atoms with Crippen LogP contribution >= 0.6 is 12.6 Å². The van der Waals surface area contributed by atoms with Gasteiger partial charge in [-0.3, -0.25) is 0 Å². The summed E-state index contributed by atoms with van der Waals surface area (Å²) in [4.78, 5) is 1.02. The fraction of sp³-hybridized carbons (Fsp3) is 0.333. The molecule has 11 heavy (non-hydrogen) atoms. The van der Waals surface area contributed by atoms with Gasteiger partial charge in [-0.15, -0.1) is 12.6 Å². The minimum absolute atomic E-state index is 0. The number of hydrogen-bond acceptors (Lipinski definition) is 1. The third-order valence-corrected chi connectivity index (χ3v) is 1.33. The number of thiol groups is 1. The molecule has 2 heteroatoms. The van der Waals surface area contributed by atoms with Crippen LogP contribution in [0.1, 0.15) is 19.4 Å². The summed E-state index contributed by atoms with van der Waals surface area (Å²) in [5, 5.41) is 0. The molecule has 1 aromatic rings. The maximum atomic E-state index is 4.13. The van der Waals surface area contributed by atoms with E-state index in [4.69, 9.17) is 0 Å². The minimum Gasteiger partial charge on any atom is -0.143 e. The van der Waals surface area contributed by atoms with Crippen molar-refractivity contribution < 1.29 is 31.1 Å². The Balaban J connectivity index is 0. The van der Waals surface area contributed by atoms with Gasteiger partial charge in [0.1, 0.15) is 0 Å². The Labute approximate surface area is 98.6 Å². The topological polar surface area (TPSA) is 0 Å². The predicted molar refractivity (Wildman–Crippen MR) is 49.8 cm³/mol. The molecule has 0 bridgehead atoms. The molecule has 0 nitrogen and oxygen atoms in total. The summed E-state index contributed by atoms with van der Waals surface area (Å²) < 4.78 is 0. The van der Waals surface area contributed by atoms with Gasteiger partial charge in [-0.1, -0.05) is 31.5 Å². The monoisotopic (exact) mass is 392 g/mol. The summed E-state index contributed by atoms with van der Waals surface area (Å²) in [5.74, 6) is 0. The van der Waals surface area contributed by atoms with E-state index in [0.717, 1.165) is 4.90 Å². The van der Waals surface area contributed by atoms with E-state index >= 15 is 0 Å². The van der Waals surface area contributed by atoms with E-state index < -0.39 is 0 Å². The van der Waals surface area contributed by atoms with Crippen LogP contribution in [0.4, 0.5) is 0 Å². The van der Waals surface area contributed by atoms with Gasteiger partial charge in [0.2, 0.25) is 0 Å². The fourth-order valence-corrected chi connectivity index (χ4v) is 0.694. The molecule has 0 aliphatic rings. The fourth-order valence-electron chi connectivity index (χ4n) is 0.545. The van der Waals surface area contributed by atoms with E-state index in [1.165, 1.54) is 5.56 Å². The Morgan fingerprint density at radius 1 is 1.00 bits per heavy atom.